The Morgan fingerprint density at radius 3 is 2.44 bits per heavy atom. The van der Waals surface area contributed by atoms with Crippen LogP contribution in [0.25, 0.3) is 10.9 Å². The van der Waals surface area contributed by atoms with E-state index in [0.717, 1.165) is 11.3 Å². The molecule has 4 rings (SSSR count). The third-order valence-electron chi connectivity index (χ3n) is 5.73. The number of carbonyl (C=O) groups excluding carboxylic acids is 2. The highest BCUT2D eigenvalue weighted by atomic mass is 32.2. The van der Waals surface area contributed by atoms with Crippen molar-refractivity contribution in [2.45, 2.75) is 32.5 Å². The second-order valence-electron chi connectivity index (χ2n) is 8.04. The number of ketones is 2. The van der Waals surface area contributed by atoms with Gasteiger partial charge in [0, 0.05) is 11.3 Å². The molecule has 2 heterocycles. The minimum Gasteiger partial charge on any atom is -0.497 e. The fourth-order valence-electron chi connectivity index (χ4n) is 4.07. The molecule has 0 aliphatic heterocycles. The monoisotopic (exact) mass is 475 g/mol. The quantitative estimate of drug-likeness (QED) is 0.228. The van der Waals surface area contributed by atoms with E-state index >= 15 is 0 Å². The molecule has 0 aliphatic rings. The molecule has 34 heavy (non-hydrogen) atoms. The third-order valence-corrected chi connectivity index (χ3v) is 6.70. The van der Waals surface area contributed by atoms with Gasteiger partial charge in [0.25, 0.3) is 5.56 Å². The maximum atomic E-state index is 13.3. The van der Waals surface area contributed by atoms with Crippen molar-refractivity contribution in [3.05, 3.63) is 87.0 Å². The number of nitrogens with zero attached hydrogens (tertiary/aromatic N) is 2. The second-order valence-corrected chi connectivity index (χ2v) is 8.99. The summed E-state index contributed by atoms with van der Waals surface area (Å²) in [7, 11) is 1.60. The van der Waals surface area contributed by atoms with Crippen molar-refractivity contribution in [2.24, 2.45) is 0 Å². The van der Waals surface area contributed by atoms with Gasteiger partial charge >= 0.3 is 0 Å². The molecule has 0 radical (unpaired) electrons. The molecule has 0 atom stereocenters. The van der Waals surface area contributed by atoms with Gasteiger partial charge in [0.2, 0.25) is 0 Å². The van der Waals surface area contributed by atoms with Crippen LogP contribution in [0.2, 0.25) is 0 Å². The smallest absolute Gasteiger partial charge is 0.262 e. The maximum Gasteiger partial charge on any atom is 0.262 e. The Hall–Kier alpha value is -3.65. The van der Waals surface area contributed by atoms with E-state index in [4.69, 9.17) is 4.74 Å². The Morgan fingerprint density at radius 2 is 1.79 bits per heavy atom. The number of hydrogen-bond acceptors (Lipinski definition) is 6. The number of aryl methyl sites for hydroxylation is 1. The van der Waals surface area contributed by atoms with Crippen molar-refractivity contribution in [1.82, 2.24) is 14.5 Å². The van der Waals surface area contributed by atoms with E-state index in [-0.39, 0.29) is 22.9 Å². The molecule has 7 nitrogen and oxygen atoms in total. The highest BCUT2D eigenvalue weighted by Crippen LogP contribution is 2.24. The van der Waals surface area contributed by atoms with Gasteiger partial charge in [-0.15, -0.1) is 0 Å². The zero-order chi connectivity index (χ0) is 24.4. The fraction of sp³-hybridized carbons (Fsp3) is 0.231. The van der Waals surface area contributed by atoms with Crippen molar-refractivity contribution < 1.29 is 14.3 Å². The summed E-state index contributed by atoms with van der Waals surface area (Å²) in [6, 6.07) is 14.7. The van der Waals surface area contributed by atoms with Crippen molar-refractivity contribution >= 4 is 34.2 Å². The van der Waals surface area contributed by atoms with E-state index in [2.05, 4.69) is 9.97 Å². The van der Waals surface area contributed by atoms with Gasteiger partial charge in [-0.3, -0.25) is 19.0 Å². The summed E-state index contributed by atoms with van der Waals surface area (Å²) in [6.07, 6.45) is 0. The van der Waals surface area contributed by atoms with Crippen molar-refractivity contribution in [2.75, 3.05) is 12.9 Å². The van der Waals surface area contributed by atoms with Gasteiger partial charge in [0.05, 0.1) is 36.0 Å². The van der Waals surface area contributed by atoms with Crippen LogP contribution in [-0.4, -0.2) is 39.0 Å². The molecule has 0 fully saturated rings. The first kappa shape index (κ1) is 23.5. The van der Waals surface area contributed by atoms with Gasteiger partial charge < -0.3 is 9.72 Å². The van der Waals surface area contributed by atoms with Crippen LogP contribution in [0.4, 0.5) is 0 Å². The van der Waals surface area contributed by atoms with Gasteiger partial charge in [0.1, 0.15) is 5.75 Å². The molecule has 0 unspecified atom stereocenters. The molecule has 0 amide bonds. The first-order valence-corrected chi connectivity index (χ1v) is 11.8. The van der Waals surface area contributed by atoms with Gasteiger partial charge in [-0.1, -0.05) is 36.0 Å². The minimum absolute atomic E-state index is 0.0749. The van der Waals surface area contributed by atoms with Crippen LogP contribution < -0.4 is 10.3 Å². The van der Waals surface area contributed by atoms with E-state index in [1.54, 1.807) is 37.7 Å². The number of methoxy groups -OCH3 is 1. The molecule has 0 bridgehead atoms. The summed E-state index contributed by atoms with van der Waals surface area (Å²) >= 11 is 1.21. The summed E-state index contributed by atoms with van der Waals surface area (Å²) in [4.78, 5) is 46.0. The first-order valence-electron chi connectivity index (χ1n) is 10.8. The van der Waals surface area contributed by atoms with Gasteiger partial charge in [-0.05, 0) is 56.2 Å². The predicted octanol–water partition coefficient (Wildman–Crippen LogP) is 4.58. The van der Waals surface area contributed by atoms with Crippen LogP contribution in [-0.2, 0) is 6.54 Å². The number of hydrogen-bond donors (Lipinski definition) is 1. The fourth-order valence-corrected chi connectivity index (χ4v) is 4.94. The molecule has 174 valence electrons. The zero-order valence-electron chi connectivity index (χ0n) is 19.5. The average Bonchev–Trinajstić information content (AvgIpc) is 3.14. The van der Waals surface area contributed by atoms with Crippen molar-refractivity contribution in [3.8, 4) is 5.75 Å². The molecule has 4 aromatic rings. The highest BCUT2D eigenvalue weighted by molar-refractivity contribution is 7.99. The number of para-hydroxylation sites is 1. The number of ether oxygens (including phenoxy) is 1. The Labute approximate surface area is 201 Å². The molecule has 2 aromatic carbocycles. The van der Waals surface area contributed by atoms with E-state index in [1.165, 1.54) is 18.7 Å². The Morgan fingerprint density at radius 1 is 1.09 bits per heavy atom. The number of aromatic amines is 1. The first-order chi connectivity index (χ1) is 16.3. The summed E-state index contributed by atoms with van der Waals surface area (Å²) in [6.45, 7) is 5.35. The van der Waals surface area contributed by atoms with E-state index in [1.807, 2.05) is 36.4 Å². The Bertz CT molecular complexity index is 1450. The largest absolute Gasteiger partial charge is 0.497 e. The number of fused-ring (bicyclic) bond motifs is 1. The van der Waals surface area contributed by atoms with Crippen molar-refractivity contribution in [1.29, 1.82) is 0 Å². The van der Waals surface area contributed by atoms with Crippen LogP contribution >= 0.6 is 11.8 Å². The SMILES string of the molecule is COc1ccc(Cn2c(SCC(=O)c3[nH]c(C)c(C(C)=O)c3C)nc3ccccc3c2=O)cc1. The van der Waals surface area contributed by atoms with Crippen LogP contribution in [0, 0.1) is 13.8 Å². The highest BCUT2D eigenvalue weighted by Gasteiger charge is 2.21. The molecule has 0 aliphatic carbocycles. The lowest BCUT2D eigenvalue weighted by Crippen LogP contribution is -2.24. The lowest BCUT2D eigenvalue weighted by Gasteiger charge is -2.13. The molecular formula is C26H25N3O4S. The standard InChI is InChI=1S/C26H25N3O4S/c1-15-23(17(3)30)16(2)27-24(15)22(31)14-34-26-28-21-8-6-5-7-20(21)25(32)29(26)13-18-9-11-19(33-4)12-10-18/h5-12,27H,13-14H2,1-4H3. The minimum atomic E-state index is -0.165. The van der Waals surface area contributed by atoms with E-state index < -0.39 is 0 Å². The molecule has 8 heteroatoms. The van der Waals surface area contributed by atoms with Crippen LogP contribution in [0.5, 0.6) is 5.75 Å². The van der Waals surface area contributed by atoms with Gasteiger partial charge in [-0.25, -0.2) is 4.98 Å². The van der Waals surface area contributed by atoms with Crippen LogP contribution in [0.15, 0.2) is 58.5 Å². The number of carbonyl (C=O) groups is 2. The number of H-pyrrole nitrogens is 1. The Balaban J connectivity index is 1.68. The topological polar surface area (TPSA) is 94.1 Å². The van der Waals surface area contributed by atoms with Crippen molar-refractivity contribution in [3.63, 3.8) is 0 Å². The summed E-state index contributed by atoms with van der Waals surface area (Å²) in [5, 5.41) is 0.981. The number of thioether (sulfide) groups is 1. The number of Topliss-reactive ketones (excluding diaryl/α,β-unsaturated/α-hetero) is 2. The normalized spacial score (nSPS) is 11.1. The summed E-state index contributed by atoms with van der Waals surface area (Å²) in [5.41, 5.74) is 3.63. The number of nitrogens with one attached hydrogen (secondary N) is 1. The maximum absolute atomic E-state index is 13.3. The lowest BCUT2D eigenvalue weighted by molar-refractivity contribution is 0.101. The van der Waals surface area contributed by atoms with E-state index in [9.17, 15) is 14.4 Å². The lowest BCUT2D eigenvalue weighted by atomic mass is 10.1. The number of benzene rings is 2. The summed E-state index contributed by atoms with van der Waals surface area (Å²) < 4.78 is 6.81. The molecule has 0 spiro atoms. The number of aromatic nitrogens is 3. The number of rotatable bonds is 8. The predicted molar refractivity (Wildman–Crippen MR) is 133 cm³/mol. The summed E-state index contributed by atoms with van der Waals surface area (Å²) in [5.74, 6) is 0.569. The van der Waals surface area contributed by atoms with E-state index in [0.29, 0.717) is 45.1 Å². The molecular weight excluding hydrogens is 450 g/mol. The third kappa shape index (κ3) is 4.54. The average molecular weight is 476 g/mol. The zero-order valence-corrected chi connectivity index (χ0v) is 20.3. The van der Waals surface area contributed by atoms with Crippen LogP contribution in [0.1, 0.15) is 44.6 Å². The molecule has 1 N–H and O–H groups in total. The van der Waals surface area contributed by atoms with Gasteiger partial charge in [0.15, 0.2) is 16.7 Å². The molecule has 0 saturated heterocycles. The van der Waals surface area contributed by atoms with Gasteiger partial charge in [-0.2, -0.15) is 0 Å². The van der Waals surface area contributed by atoms with Crippen LogP contribution in [0.3, 0.4) is 0 Å². The molecule has 2 aromatic heterocycles. The Kier molecular flexibility index (Phi) is 6.70. The molecule has 0 saturated carbocycles. The second kappa shape index (κ2) is 9.69.